The summed E-state index contributed by atoms with van der Waals surface area (Å²) in [6.07, 6.45) is 8.62. The van der Waals surface area contributed by atoms with E-state index in [1.54, 1.807) is 73.0 Å². The molecule has 6 heterocycles. The summed E-state index contributed by atoms with van der Waals surface area (Å²) in [4.78, 5) is 53.9. The number of amides is 1. The summed E-state index contributed by atoms with van der Waals surface area (Å²) in [5.74, 6) is 2.75. The number of esters is 2. The van der Waals surface area contributed by atoms with E-state index in [-0.39, 0.29) is 17.6 Å². The molecule has 4 aromatic heterocycles. The number of anilines is 2. The number of carbonyl (C=O) groups is 3. The molecular weight excluding hydrogens is 825 g/mol. The van der Waals surface area contributed by atoms with E-state index < -0.39 is 103 Å². The minimum atomic E-state index is -2.19. The molecule has 10 atom stereocenters. The van der Waals surface area contributed by atoms with Crippen molar-refractivity contribution >= 4 is 51.7 Å². The van der Waals surface area contributed by atoms with Crippen molar-refractivity contribution < 1.29 is 58.5 Å². The largest absolute Gasteiger partial charge is 0.454 e. The molecule has 1 amide bonds. The van der Waals surface area contributed by atoms with Crippen LogP contribution < -0.4 is 22.5 Å². The number of nitrogen functional groups attached to an aromatic ring is 2. The number of aromatic nitrogens is 6. The minimum absolute atomic E-state index is 0.190. The summed E-state index contributed by atoms with van der Waals surface area (Å²) in [7, 11) is 0. The highest BCUT2D eigenvalue weighted by Gasteiger charge is 2.60. The number of hydrogen-bond donors (Lipinski definition) is 8. The molecule has 2 aliphatic rings. The monoisotopic (exact) mass is 878 g/mol. The Balaban J connectivity index is 0.000000243. The lowest BCUT2D eigenvalue weighted by molar-refractivity contribution is -0.164. The van der Waals surface area contributed by atoms with Crippen LogP contribution in [0.4, 0.5) is 16.4 Å². The summed E-state index contributed by atoms with van der Waals surface area (Å²) >= 11 is 0. The zero-order valence-corrected chi connectivity index (χ0v) is 35.8. The number of alkyl carbamates (subject to hydrolysis) is 1. The highest BCUT2D eigenvalue weighted by molar-refractivity contribution is 5.87. The molecule has 2 aliphatic heterocycles. The van der Waals surface area contributed by atoms with Crippen LogP contribution in [0.2, 0.25) is 0 Å². The van der Waals surface area contributed by atoms with Crippen molar-refractivity contribution in [3.8, 4) is 24.7 Å². The highest BCUT2D eigenvalue weighted by atomic mass is 16.6. The van der Waals surface area contributed by atoms with Gasteiger partial charge in [-0.25, -0.2) is 29.5 Å². The molecule has 0 unspecified atom stereocenters. The summed E-state index contributed by atoms with van der Waals surface area (Å²) in [6, 6.07) is 1.23. The zero-order valence-electron chi connectivity index (χ0n) is 35.8. The Morgan fingerprint density at radius 2 is 1.24 bits per heavy atom. The van der Waals surface area contributed by atoms with E-state index in [2.05, 4.69) is 37.1 Å². The van der Waals surface area contributed by atoms with E-state index >= 15 is 0 Å². The summed E-state index contributed by atoms with van der Waals surface area (Å²) in [5.41, 5.74) is 13.2. The van der Waals surface area contributed by atoms with Crippen LogP contribution in [0.25, 0.3) is 22.1 Å². The standard InChI is InChI=1S/C23H31N5O7.C18H23N5O5/c1-7-23(32)16(34-19(30)15(12(2)3)27-21(31)35-22(4,5)6)14(10-29)33-20(23)28-9-8-13-17(24)25-11-26-18(13)28;1-4-18(26)13(28-16(25)12(19)9(2)3)11(7-24)27-17(18)23-6-5-10-14(20)21-8-22-15(10)23/h1,8-9,11-12,14-16,20,29,32H,10H2,2-6H3,(H,27,31)(H2,24,25,26);1,5-6,8-9,11-13,17,24,26H,7,19H2,2-3H3,(H2,20,21,22)/t14-,15+,16-,20-,23-;11-,12+,13-,17-,18-/m11/s1. The lowest BCUT2D eigenvalue weighted by atomic mass is 9.94. The fraction of sp³-hybridized carbons (Fsp3) is 0.537. The number of rotatable bonds is 11. The number of nitrogens with one attached hydrogen (secondary N) is 1. The van der Waals surface area contributed by atoms with Crippen LogP contribution in [0.1, 0.15) is 60.9 Å². The molecule has 22 nitrogen and oxygen atoms in total. The molecule has 4 aromatic rings. The van der Waals surface area contributed by atoms with E-state index in [1.165, 1.54) is 21.8 Å². The SMILES string of the molecule is C#C[C@@]1(O)[C@H](OC(=O)[C@@H](N)C(C)C)[C@@H](CO)O[C@H]1n1ccc2c(N)ncnc21.C#C[C@@]1(O)[C@H](OC(=O)[C@@H](NC(=O)OC(C)(C)C)C(C)C)[C@@H](CO)O[C@H]1n1ccc2c(N)ncnc21. The molecule has 0 spiro atoms. The van der Waals surface area contributed by atoms with Gasteiger partial charge >= 0.3 is 18.0 Å². The number of terminal acetylenes is 2. The molecule has 0 radical (unpaired) electrons. The van der Waals surface area contributed by atoms with Gasteiger partial charge in [-0.1, -0.05) is 39.5 Å². The van der Waals surface area contributed by atoms with E-state index in [1.807, 2.05) is 0 Å². The van der Waals surface area contributed by atoms with Gasteiger partial charge in [0.05, 0.1) is 24.0 Å². The number of aliphatic hydroxyl groups excluding tert-OH is 2. The van der Waals surface area contributed by atoms with E-state index in [0.29, 0.717) is 22.1 Å². The summed E-state index contributed by atoms with van der Waals surface area (Å²) in [6.45, 7) is 10.8. The van der Waals surface area contributed by atoms with Crippen LogP contribution in [0.3, 0.4) is 0 Å². The van der Waals surface area contributed by atoms with Gasteiger partial charge in [0.2, 0.25) is 11.2 Å². The maximum atomic E-state index is 13.1. The van der Waals surface area contributed by atoms with Crippen molar-refractivity contribution in [1.82, 2.24) is 34.4 Å². The van der Waals surface area contributed by atoms with Crippen molar-refractivity contribution in [3.63, 3.8) is 0 Å². The molecule has 0 bridgehead atoms. The number of fused-ring (bicyclic) bond motifs is 2. The van der Waals surface area contributed by atoms with Crippen molar-refractivity contribution in [2.75, 3.05) is 24.7 Å². The molecule has 2 fully saturated rings. The fourth-order valence-corrected chi connectivity index (χ4v) is 6.97. The van der Waals surface area contributed by atoms with Gasteiger partial charge in [-0.2, -0.15) is 0 Å². The van der Waals surface area contributed by atoms with Gasteiger partial charge in [-0.15, -0.1) is 12.8 Å². The topological polar surface area (TPSA) is 330 Å². The van der Waals surface area contributed by atoms with Gasteiger partial charge in [0.15, 0.2) is 24.7 Å². The average molecular weight is 879 g/mol. The maximum Gasteiger partial charge on any atom is 0.408 e. The molecule has 6 rings (SSSR count). The first-order chi connectivity index (χ1) is 29.6. The van der Waals surface area contributed by atoms with E-state index in [0.717, 1.165) is 0 Å². The van der Waals surface area contributed by atoms with Gasteiger partial charge in [-0.3, -0.25) is 4.79 Å². The van der Waals surface area contributed by atoms with Crippen LogP contribution in [-0.2, 0) is 33.3 Å². The first-order valence-electron chi connectivity index (χ1n) is 19.8. The third-order valence-electron chi connectivity index (χ3n) is 10.4. The average Bonchev–Trinajstić information content (AvgIpc) is 3.99. The Bertz CT molecular complexity index is 2380. The van der Waals surface area contributed by atoms with Gasteiger partial charge in [0.25, 0.3) is 0 Å². The second-order valence-corrected chi connectivity index (χ2v) is 16.6. The Hall–Kier alpha value is -6.11. The van der Waals surface area contributed by atoms with E-state index in [9.17, 15) is 34.8 Å². The smallest absolute Gasteiger partial charge is 0.408 e. The second-order valence-electron chi connectivity index (χ2n) is 16.6. The molecule has 63 heavy (non-hydrogen) atoms. The van der Waals surface area contributed by atoms with Crippen LogP contribution in [0.15, 0.2) is 37.2 Å². The number of ether oxygens (including phenoxy) is 5. The van der Waals surface area contributed by atoms with Crippen molar-refractivity contribution in [1.29, 1.82) is 0 Å². The third kappa shape index (κ3) is 9.47. The minimum Gasteiger partial charge on any atom is -0.454 e. The number of hydrogen-bond acceptors (Lipinski definition) is 19. The Morgan fingerprint density at radius 1 is 0.810 bits per heavy atom. The number of carbonyl (C=O) groups excluding carboxylic acids is 3. The van der Waals surface area contributed by atoms with Crippen LogP contribution >= 0.6 is 0 Å². The van der Waals surface area contributed by atoms with Crippen LogP contribution in [0.5, 0.6) is 0 Å². The van der Waals surface area contributed by atoms with Crippen molar-refractivity contribution in [2.45, 2.75) is 114 Å². The number of nitrogens with two attached hydrogens (primary N) is 3. The normalized spacial score (nSPS) is 26.7. The van der Waals surface area contributed by atoms with Gasteiger partial charge in [-0.05, 0) is 44.7 Å². The molecule has 22 heteroatoms. The van der Waals surface area contributed by atoms with Gasteiger partial charge in [0, 0.05) is 12.4 Å². The quantitative estimate of drug-likeness (QED) is 0.0553. The van der Waals surface area contributed by atoms with Gasteiger partial charge < -0.3 is 75.8 Å². The lowest BCUT2D eigenvalue weighted by Gasteiger charge is -2.31. The molecule has 340 valence electrons. The molecule has 0 aliphatic carbocycles. The summed E-state index contributed by atoms with van der Waals surface area (Å²) < 4.78 is 30.7. The lowest BCUT2D eigenvalue weighted by Crippen LogP contribution is -2.53. The second kappa shape index (κ2) is 18.7. The Kier molecular flexibility index (Phi) is 14.2. The van der Waals surface area contributed by atoms with Gasteiger partial charge in [0.1, 0.15) is 65.5 Å². The fourth-order valence-electron chi connectivity index (χ4n) is 6.97. The van der Waals surface area contributed by atoms with Crippen molar-refractivity contribution in [3.05, 3.63) is 37.2 Å². The molecule has 2 saturated heterocycles. The first-order valence-corrected chi connectivity index (χ1v) is 19.8. The molecule has 0 aromatic carbocycles. The number of nitrogens with zero attached hydrogens (tertiary/aromatic N) is 6. The molecule has 0 saturated carbocycles. The molecular formula is C41H54N10O12. The predicted octanol–water partition coefficient (Wildman–Crippen LogP) is -0.109. The maximum absolute atomic E-state index is 13.1. The number of aliphatic hydroxyl groups is 4. The zero-order chi connectivity index (χ0) is 46.8. The van der Waals surface area contributed by atoms with Crippen LogP contribution in [-0.4, -0.2) is 134 Å². The van der Waals surface area contributed by atoms with E-state index in [4.69, 9.17) is 53.7 Å². The summed E-state index contributed by atoms with van der Waals surface area (Å²) in [5, 5.41) is 45.8. The third-order valence-corrected chi connectivity index (χ3v) is 10.4. The van der Waals surface area contributed by atoms with Crippen molar-refractivity contribution in [2.24, 2.45) is 17.6 Å². The predicted molar refractivity (Wildman–Crippen MR) is 224 cm³/mol. The van der Waals surface area contributed by atoms with Crippen LogP contribution in [0, 0.1) is 36.5 Å². The Labute approximate surface area is 362 Å². The first kappa shape index (κ1) is 47.9. The molecule has 11 N–H and O–H groups in total. The Morgan fingerprint density at radius 3 is 1.60 bits per heavy atom. The highest BCUT2D eigenvalue weighted by Crippen LogP contribution is 2.43.